The Labute approximate surface area is 140 Å². The van der Waals surface area contributed by atoms with Gasteiger partial charge in [0.1, 0.15) is 5.82 Å². The minimum absolute atomic E-state index is 0.636. The third kappa shape index (κ3) is 2.80. The van der Waals surface area contributed by atoms with Gasteiger partial charge in [0, 0.05) is 18.7 Å². The lowest BCUT2D eigenvalue weighted by Crippen LogP contribution is -2.09. The fourth-order valence-electron chi connectivity index (χ4n) is 2.70. The summed E-state index contributed by atoms with van der Waals surface area (Å²) >= 11 is 0. The quantitative estimate of drug-likeness (QED) is 0.637. The Kier molecular flexibility index (Phi) is 4.66. The van der Waals surface area contributed by atoms with Gasteiger partial charge in [0.15, 0.2) is 17.3 Å². The van der Waals surface area contributed by atoms with Gasteiger partial charge in [0.25, 0.3) is 0 Å². The molecular formula is C16H22N6O2. The number of hydrogen-bond acceptors (Lipinski definition) is 7. The molecule has 0 atom stereocenters. The molecule has 3 rings (SSSR count). The molecule has 2 aromatic heterocycles. The summed E-state index contributed by atoms with van der Waals surface area (Å²) in [5.74, 6) is 2.77. The molecule has 0 saturated carbocycles. The molecule has 0 aliphatic rings. The van der Waals surface area contributed by atoms with Gasteiger partial charge in [-0.3, -0.25) is 4.40 Å². The summed E-state index contributed by atoms with van der Waals surface area (Å²) < 4.78 is 12.7. The molecule has 2 heterocycles. The molecule has 24 heavy (non-hydrogen) atoms. The van der Waals surface area contributed by atoms with E-state index in [1.54, 1.807) is 14.2 Å². The highest BCUT2D eigenvalue weighted by Gasteiger charge is 2.16. The first-order chi connectivity index (χ1) is 11.7. The molecule has 0 fully saturated rings. The Morgan fingerprint density at radius 3 is 2.58 bits per heavy atom. The SMILES string of the molecule is COc1cc2nc(NCCCCN)c3nnc(C)n3c2cc1OC. The number of aryl methyl sites for hydroxylation is 1. The van der Waals surface area contributed by atoms with Gasteiger partial charge < -0.3 is 20.5 Å². The number of hydrogen-bond donors (Lipinski definition) is 2. The molecule has 0 aliphatic heterocycles. The van der Waals surface area contributed by atoms with E-state index >= 15 is 0 Å². The lowest BCUT2D eigenvalue weighted by atomic mass is 10.2. The van der Waals surface area contributed by atoms with Crippen molar-refractivity contribution in [2.45, 2.75) is 19.8 Å². The van der Waals surface area contributed by atoms with Crippen molar-refractivity contribution in [3.05, 3.63) is 18.0 Å². The third-order valence-electron chi connectivity index (χ3n) is 3.91. The number of nitrogens with two attached hydrogens (primary N) is 1. The molecule has 0 saturated heterocycles. The number of nitrogens with zero attached hydrogens (tertiary/aromatic N) is 4. The average molecular weight is 330 g/mol. The summed E-state index contributed by atoms with van der Waals surface area (Å²) in [6.45, 7) is 3.38. The second kappa shape index (κ2) is 6.88. The second-order valence-electron chi connectivity index (χ2n) is 5.49. The minimum Gasteiger partial charge on any atom is -0.493 e. The summed E-state index contributed by atoms with van der Waals surface area (Å²) in [5, 5.41) is 11.8. The van der Waals surface area contributed by atoms with Crippen LogP contribution in [0.2, 0.25) is 0 Å². The molecule has 8 nitrogen and oxygen atoms in total. The topological polar surface area (TPSA) is 99.6 Å². The van der Waals surface area contributed by atoms with Crippen LogP contribution in [0, 0.1) is 6.92 Å². The standard InChI is InChI=1S/C16H22N6O2/c1-10-20-21-16-15(18-7-5-4-6-17)19-11-8-13(23-2)14(24-3)9-12(11)22(10)16/h8-9H,4-7,17H2,1-3H3,(H,18,19). The van der Waals surface area contributed by atoms with E-state index in [4.69, 9.17) is 20.2 Å². The fraction of sp³-hybridized carbons (Fsp3) is 0.438. The molecule has 8 heteroatoms. The number of aromatic nitrogens is 4. The number of fused-ring (bicyclic) bond motifs is 3. The Hall–Kier alpha value is -2.61. The van der Waals surface area contributed by atoms with Gasteiger partial charge in [-0.25, -0.2) is 4.98 Å². The predicted octanol–water partition coefficient (Wildman–Crippen LogP) is 1.75. The van der Waals surface area contributed by atoms with E-state index in [1.165, 1.54) is 0 Å². The summed E-state index contributed by atoms with van der Waals surface area (Å²) in [5.41, 5.74) is 7.89. The largest absolute Gasteiger partial charge is 0.493 e. The molecule has 0 amide bonds. The Balaban J connectivity index is 2.14. The minimum atomic E-state index is 0.636. The van der Waals surface area contributed by atoms with Crippen molar-refractivity contribution < 1.29 is 9.47 Å². The molecule has 0 spiro atoms. The van der Waals surface area contributed by atoms with Crippen LogP contribution in [0.5, 0.6) is 11.5 Å². The van der Waals surface area contributed by atoms with Crippen LogP contribution in [0.25, 0.3) is 16.7 Å². The fourth-order valence-corrected chi connectivity index (χ4v) is 2.70. The third-order valence-corrected chi connectivity index (χ3v) is 3.91. The number of ether oxygens (including phenoxy) is 2. The molecule has 128 valence electrons. The van der Waals surface area contributed by atoms with Crippen molar-refractivity contribution in [2.75, 3.05) is 32.6 Å². The number of rotatable bonds is 7. The highest BCUT2D eigenvalue weighted by Crippen LogP contribution is 2.33. The van der Waals surface area contributed by atoms with E-state index in [-0.39, 0.29) is 0 Å². The number of anilines is 1. The van der Waals surface area contributed by atoms with Crippen LogP contribution in [0.3, 0.4) is 0 Å². The maximum Gasteiger partial charge on any atom is 0.204 e. The molecule has 3 aromatic rings. The molecule has 0 aliphatic carbocycles. The van der Waals surface area contributed by atoms with Crippen LogP contribution in [-0.2, 0) is 0 Å². The highest BCUT2D eigenvalue weighted by atomic mass is 16.5. The van der Waals surface area contributed by atoms with Crippen LogP contribution in [0.4, 0.5) is 5.82 Å². The van der Waals surface area contributed by atoms with Crippen LogP contribution in [0.1, 0.15) is 18.7 Å². The summed E-state index contributed by atoms with van der Waals surface area (Å²) in [7, 11) is 3.22. The van der Waals surface area contributed by atoms with Crippen LogP contribution in [0.15, 0.2) is 12.1 Å². The van der Waals surface area contributed by atoms with Gasteiger partial charge in [-0.2, -0.15) is 0 Å². The average Bonchev–Trinajstić information content (AvgIpc) is 2.99. The normalized spacial score (nSPS) is 11.2. The van der Waals surface area contributed by atoms with Gasteiger partial charge in [0.2, 0.25) is 5.65 Å². The molecule has 0 unspecified atom stereocenters. The molecular weight excluding hydrogens is 308 g/mol. The van der Waals surface area contributed by atoms with Crippen LogP contribution < -0.4 is 20.5 Å². The zero-order chi connectivity index (χ0) is 17.1. The number of unbranched alkanes of at least 4 members (excludes halogenated alkanes) is 1. The number of methoxy groups -OCH3 is 2. The maximum atomic E-state index is 5.54. The van der Waals surface area contributed by atoms with Gasteiger partial charge in [0.05, 0.1) is 25.3 Å². The van der Waals surface area contributed by atoms with Gasteiger partial charge in [-0.1, -0.05) is 0 Å². The molecule has 0 radical (unpaired) electrons. The predicted molar refractivity (Wildman–Crippen MR) is 92.9 cm³/mol. The van der Waals surface area contributed by atoms with E-state index < -0.39 is 0 Å². The van der Waals surface area contributed by atoms with E-state index in [9.17, 15) is 0 Å². The zero-order valence-electron chi connectivity index (χ0n) is 14.2. The monoisotopic (exact) mass is 330 g/mol. The van der Waals surface area contributed by atoms with Gasteiger partial charge in [-0.15, -0.1) is 10.2 Å². The van der Waals surface area contributed by atoms with E-state index in [0.29, 0.717) is 29.5 Å². The Bertz CT molecular complexity index is 861. The van der Waals surface area contributed by atoms with E-state index in [1.807, 2.05) is 23.5 Å². The van der Waals surface area contributed by atoms with Crippen LogP contribution >= 0.6 is 0 Å². The van der Waals surface area contributed by atoms with Crippen molar-refractivity contribution in [3.63, 3.8) is 0 Å². The second-order valence-corrected chi connectivity index (χ2v) is 5.49. The van der Waals surface area contributed by atoms with E-state index in [2.05, 4.69) is 15.5 Å². The van der Waals surface area contributed by atoms with Crippen molar-refractivity contribution in [2.24, 2.45) is 5.73 Å². The van der Waals surface area contributed by atoms with Crippen LogP contribution in [-0.4, -0.2) is 46.9 Å². The summed E-state index contributed by atoms with van der Waals surface area (Å²) in [6, 6.07) is 3.75. The lowest BCUT2D eigenvalue weighted by molar-refractivity contribution is 0.355. The maximum absolute atomic E-state index is 5.54. The summed E-state index contributed by atoms with van der Waals surface area (Å²) in [4.78, 5) is 4.70. The summed E-state index contributed by atoms with van der Waals surface area (Å²) in [6.07, 6.45) is 1.94. The highest BCUT2D eigenvalue weighted by molar-refractivity contribution is 5.85. The first kappa shape index (κ1) is 16.3. The zero-order valence-corrected chi connectivity index (χ0v) is 14.2. The molecule has 0 bridgehead atoms. The Morgan fingerprint density at radius 2 is 1.88 bits per heavy atom. The van der Waals surface area contributed by atoms with Crippen molar-refractivity contribution >= 4 is 22.5 Å². The van der Waals surface area contributed by atoms with Gasteiger partial charge in [-0.05, 0) is 26.3 Å². The smallest absolute Gasteiger partial charge is 0.204 e. The lowest BCUT2D eigenvalue weighted by Gasteiger charge is -2.13. The van der Waals surface area contributed by atoms with Crippen molar-refractivity contribution in [1.82, 2.24) is 19.6 Å². The number of benzene rings is 1. The molecule has 3 N–H and O–H groups in total. The Morgan fingerprint density at radius 1 is 1.12 bits per heavy atom. The molecule has 1 aromatic carbocycles. The van der Waals surface area contributed by atoms with Crippen molar-refractivity contribution in [1.29, 1.82) is 0 Å². The van der Waals surface area contributed by atoms with Crippen molar-refractivity contribution in [3.8, 4) is 11.5 Å². The first-order valence-electron chi connectivity index (χ1n) is 7.91. The van der Waals surface area contributed by atoms with E-state index in [0.717, 1.165) is 36.2 Å². The number of nitrogens with one attached hydrogen (secondary N) is 1. The first-order valence-corrected chi connectivity index (χ1v) is 7.91. The van der Waals surface area contributed by atoms with Gasteiger partial charge >= 0.3 is 0 Å².